The number of anilines is 1. The predicted octanol–water partition coefficient (Wildman–Crippen LogP) is 1.53. The summed E-state index contributed by atoms with van der Waals surface area (Å²) >= 11 is 6.26. The average Bonchev–Trinajstić information content (AvgIpc) is 2.14. The summed E-state index contributed by atoms with van der Waals surface area (Å²) in [5.74, 6) is 0. The Labute approximate surface area is 72.6 Å². The number of nitrogens with zero attached hydrogens (tertiary/aromatic N) is 1. The molecule has 0 spiro atoms. The number of nitrogen functional groups attached to an aromatic ring is 1. The van der Waals surface area contributed by atoms with Gasteiger partial charge in [0.05, 0.1) is 0 Å². The highest BCUT2D eigenvalue weighted by Gasteiger charge is 2.04. The lowest BCUT2D eigenvalue weighted by molar-refractivity contribution is 0.107. The number of nitrogens with two attached hydrogens (primary N) is 1. The number of carbonyl (C=O) groups is 1. The highest BCUT2D eigenvalue weighted by molar-refractivity contribution is 7.13. The number of rotatable bonds is 1. The number of hydrogen-bond donors (Lipinski definition) is 1. The number of halogens is 2. The minimum atomic E-state index is -0.567. The number of aromatic nitrogens is 1. The molecule has 10 heavy (non-hydrogen) atoms. The smallest absolute Gasteiger partial charge is 0.271 e. The third-order valence-electron chi connectivity index (χ3n) is 0.723. The molecule has 2 N–H and O–H groups in total. The molecular formula is C4H4Cl2N2OS. The van der Waals surface area contributed by atoms with E-state index in [2.05, 4.69) is 4.98 Å². The van der Waals surface area contributed by atoms with Gasteiger partial charge < -0.3 is 5.73 Å². The van der Waals surface area contributed by atoms with Gasteiger partial charge in [0.2, 0.25) is 0 Å². The van der Waals surface area contributed by atoms with Crippen molar-refractivity contribution in [3.05, 3.63) is 11.1 Å². The SMILES string of the molecule is Cl.Nc1nc(C(=O)Cl)cs1. The van der Waals surface area contributed by atoms with Crippen molar-refractivity contribution in [2.24, 2.45) is 0 Å². The molecule has 0 unspecified atom stereocenters. The fourth-order valence-electron chi connectivity index (χ4n) is 0.378. The predicted molar refractivity (Wildman–Crippen MR) is 44.0 cm³/mol. The summed E-state index contributed by atoms with van der Waals surface area (Å²) in [6.07, 6.45) is 0. The van der Waals surface area contributed by atoms with Gasteiger partial charge in [-0.05, 0) is 11.6 Å². The zero-order valence-corrected chi connectivity index (χ0v) is 7.09. The first-order chi connectivity index (χ1) is 4.20. The molecule has 0 bridgehead atoms. The van der Waals surface area contributed by atoms with Crippen LogP contribution >= 0.6 is 35.3 Å². The van der Waals surface area contributed by atoms with Crippen molar-refractivity contribution in [2.75, 3.05) is 5.73 Å². The van der Waals surface area contributed by atoms with E-state index in [1.54, 1.807) is 0 Å². The molecular weight excluding hydrogens is 195 g/mol. The van der Waals surface area contributed by atoms with E-state index in [0.717, 1.165) is 0 Å². The van der Waals surface area contributed by atoms with E-state index in [0.29, 0.717) is 5.13 Å². The Morgan fingerprint density at radius 3 is 2.60 bits per heavy atom. The van der Waals surface area contributed by atoms with E-state index in [1.165, 1.54) is 16.7 Å². The van der Waals surface area contributed by atoms with E-state index in [1.807, 2.05) is 0 Å². The molecule has 0 atom stereocenters. The van der Waals surface area contributed by atoms with Crippen molar-refractivity contribution in [3.8, 4) is 0 Å². The Balaban J connectivity index is 0.000000810. The lowest BCUT2D eigenvalue weighted by atomic mass is 10.6. The second kappa shape index (κ2) is 3.75. The van der Waals surface area contributed by atoms with Gasteiger partial charge in [0.15, 0.2) is 5.13 Å². The van der Waals surface area contributed by atoms with Crippen molar-refractivity contribution >= 4 is 45.7 Å². The Kier molecular flexibility index (Phi) is 3.63. The molecule has 1 heterocycles. The number of thiazole rings is 1. The molecule has 0 radical (unpaired) electrons. The fraction of sp³-hybridized carbons (Fsp3) is 0. The lowest BCUT2D eigenvalue weighted by Crippen LogP contribution is -1.89. The van der Waals surface area contributed by atoms with Crippen molar-refractivity contribution in [1.29, 1.82) is 0 Å². The maximum atomic E-state index is 10.3. The topological polar surface area (TPSA) is 56.0 Å². The summed E-state index contributed by atoms with van der Waals surface area (Å²) < 4.78 is 0. The summed E-state index contributed by atoms with van der Waals surface area (Å²) in [4.78, 5) is 13.9. The van der Waals surface area contributed by atoms with E-state index in [-0.39, 0.29) is 18.1 Å². The highest BCUT2D eigenvalue weighted by Crippen LogP contribution is 2.12. The number of hydrogen-bond acceptors (Lipinski definition) is 4. The van der Waals surface area contributed by atoms with Crippen LogP contribution in [0.25, 0.3) is 0 Å². The average molecular weight is 199 g/mol. The summed E-state index contributed by atoms with van der Waals surface area (Å²) in [6.45, 7) is 0. The Morgan fingerprint density at radius 1 is 1.80 bits per heavy atom. The maximum Gasteiger partial charge on any atom is 0.271 e. The molecule has 56 valence electrons. The van der Waals surface area contributed by atoms with Gasteiger partial charge in [-0.15, -0.1) is 23.7 Å². The zero-order valence-electron chi connectivity index (χ0n) is 4.70. The van der Waals surface area contributed by atoms with Gasteiger partial charge in [-0.2, -0.15) is 0 Å². The summed E-state index contributed by atoms with van der Waals surface area (Å²) in [5, 5.41) is 1.31. The van der Waals surface area contributed by atoms with Crippen LogP contribution in [0.5, 0.6) is 0 Å². The number of carbonyl (C=O) groups excluding carboxylic acids is 1. The molecule has 1 rings (SSSR count). The summed E-state index contributed by atoms with van der Waals surface area (Å²) in [7, 11) is 0. The zero-order chi connectivity index (χ0) is 6.85. The van der Waals surface area contributed by atoms with Crippen molar-refractivity contribution in [2.45, 2.75) is 0 Å². The van der Waals surface area contributed by atoms with Crippen molar-refractivity contribution < 1.29 is 4.79 Å². The molecule has 0 aromatic carbocycles. The molecule has 0 fully saturated rings. The van der Waals surface area contributed by atoms with Crippen LogP contribution in [0.3, 0.4) is 0 Å². The maximum absolute atomic E-state index is 10.3. The normalized spacial score (nSPS) is 8.50. The molecule has 0 saturated heterocycles. The van der Waals surface area contributed by atoms with Gasteiger partial charge in [0, 0.05) is 5.38 Å². The first-order valence-corrected chi connectivity index (χ1v) is 3.37. The van der Waals surface area contributed by atoms with Gasteiger partial charge in [-0.1, -0.05) is 0 Å². The van der Waals surface area contributed by atoms with Gasteiger partial charge in [0.1, 0.15) is 5.69 Å². The van der Waals surface area contributed by atoms with Gasteiger partial charge >= 0.3 is 0 Å². The second-order valence-electron chi connectivity index (χ2n) is 1.34. The van der Waals surface area contributed by atoms with Crippen LogP contribution in [0.1, 0.15) is 10.5 Å². The molecule has 0 aliphatic carbocycles. The van der Waals surface area contributed by atoms with Crippen molar-refractivity contribution in [1.82, 2.24) is 4.98 Å². The molecule has 6 heteroatoms. The minimum Gasteiger partial charge on any atom is -0.375 e. The molecule has 0 aliphatic rings. The van der Waals surface area contributed by atoms with E-state index >= 15 is 0 Å². The summed E-state index contributed by atoms with van der Waals surface area (Å²) in [6, 6.07) is 0. The quantitative estimate of drug-likeness (QED) is 0.697. The van der Waals surface area contributed by atoms with Crippen LogP contribution in [0.2, 0.25) is 0 Å². The Hall–Kier alpha value is -0.320. The van der Waals surface area contributed by atoms with Crippen LogP contribution in [0.15, 0.2) is 5.38 Å². The van der Waals surface area contributed by atoms with Crippen LogP contribution < -0.4 is 5.73 Å². The van der Waals surface area contributed by atoms with Crippen LogP contribution in [0, 0.1) is 0 Å². The van der Waals surface area contributed by atoms with Crippen LogP contribution in [-0.2, 0) is 0 Å². The van der Waals surface area contributed by atoms with E-state index in [9.17, 15) is 4.79 Å². The molecule has 1 aromatic rings. The first-order valence-electron chi connectivity index (χ1n) is 2.11. The van der Waals surface area contributed by atoms with Crippen molar-refractivity contribution in [3.63, 3.8) is 0 Å². The largest absolute Gasteiger partial charge is 0.375 e. The fourth-order valence-corrected chi connectivity index (χ4v) is 1.08. The molecule has 0 amide bonds. The van der Waals surface area contributed by atoms with Crippen LogP contribution in [-0.4, -0.2) is 10.2 Å². The summed E-state index contributed by atoms with van der Waals surface area (Å²) in [5.41, 5.74) is 5.43. The van der Waals surface area contributed by atoms with E-state index < -0.39 is 5.24 Å². The molecule has 0 saturated carbocycles. The molecule has 3 nitrogen and oxygen atoms in total. The van der Waals surface area contributed by atoms with Gasteiger partial charge in [-0.25, -0.2) is 4.98 Å². The minimum absolute atomic E-state index is 0. The van der Waals surface area contributed by atoms with Crippen LogP contribution in [0.4, 0.5) is 5.13 Å². The van der Waals surface area contributed by atoms with Gasteiger partial charge in [-0.3, -0.25) is 4.79 Å². The lowest BCUT2D eigenvalue weighted by Gasteiger charge is -1.77. The Morgan fingerprint density at radius 2 is 2.40 bits per heavy atom. The molecule has 0 aliphatic heterocycles. The molecule has 1 aromatic heterocycles. The third kappa shape index (κ3) is 2.13. The van der Waals surface area contributed by atoms with Gasteiger partial charge in [0.25, 0.3) is 5.24 Å². The highest BCUT2D eigenvalue weighted by atomic mass is 35.5. The monoisotopic (exact) mass is 198 g/mol. The Bertz CT molecular complexity index is 237. The third-order valence-corrected chi connectivity index (χ3v) is 1.59. The first kappa shape index (κ1) is 9.68. The van der Waals surface area contributed by atoms with E-state index in [4.69, 9.17) is 17.3 Å². The second-order valence-corrected chi connectivity index (χ2v) is 2.58. The standard InChI is InChI=1S/C4H3ClN2OS.ClH/c5-3(8)2-1-9-4(6)7-2;/h1H,(H2,6,7);1H.